The lowest BCUT2D eigenvalue weighted by atomic mass is 10.1. The average molecular weight is 189 g/mol. The zero-order chi connectivity index (χ0) is 9.54. The Bertz CT molecular complexity index is 357. The minimum atomic E-state index is 0.250. The first-order valence-electron chi connectivity index (χ1n) is 5.38. The van der Waals surface area contributed by atoms with Crippen molar-refractivity contribution < 1.29 is 4.74 Å². The fraction of sp³-hybridized carbons (Fsp3) is 0.500. The Balaban J connectivity index is 1.87. The van der Waals surface area contributed by atoms with Gasteiger partial charge in [-0.3, -0.25) is 0 Å². The van der Waals surface area contributed by atoms with E-state index in [4.69, 9.17) is 10.5 Å². The SMILES string of the molecule is NC1CCc2cc(OC3CC3)ccc21. The molecule has 0 aromatic heterocycles. The predicted molar refractivity (Wildman–Crippen MR) is 55.3 cm³/mol. The van der Waals surface area contributed by atoms with Gasteiger partial charge in [0.1, 0.15) is 5.75 Å². The molecule has 74 valence electrons. The maximum atomic E-state index is 5.97. The van der Waals surface area contributed by atoms with Gasteiger partial charge in [0.05, 0.1) is 6.10 Å². The zero-order valence-corrected chi connectivity index (χ0v) is 8.20. The number of fused-ring (bicyclic) bond motifs is 1. The van der Waals surface area contributed by atoms with E-state index in [-0.39, 0.29) is 6.04 Å². The van der Waals surface area contributed by atoms with Crippen molar-refractivity contribution in [1.82, 2.24) is 0 Å². The average Bonchev–Trinajstić information content (AvgIpc) is 2.92. The van der Waals surface area contributed by atoms with Crippen LogP contribution in [0.15, 0.2) is 18.2 Å². The Morgan fingerprint density at radius 1 is 1.21 bits per heavy atom. The van der Waals surface area contributed by atoms with Crippen molar-refractivity contribution in [2.75, 3.05) is 0 Å². The highest BCUT2D eigenvalue weighted by molar-refractivity contribution is 5.40. The highest BCUT2D eigenvalue weighted by atomic mass is 16.5. The lowest BCUT2D eigenvalue weighted by Gasteiger charge is -2.08. The van der Waals surface area contributed by atoms with Crippen LogP contribution < -0.4 is 10.5 Å². The zero-order valence-electron chi connectivity index (χ0n) is 8.20. The second-order valence-corrected chi connectivity index (χ2v) is 4.32. The van der Waals surface area contributed by atoms with Gasteiger partial charge < -0.3 is 10.5 Å². The first kappa shape index (κ1) is 8.30. The molecule has 2 aliphatic carbocycles. The minimum absolute atomic E-state index is 0.250. The van der Waals surface area contributed by atoms with Gasteiger partial charge in [-0.2, -0.15) is 0 Å². The highest BCUT2D eigenvalue weighted by Gasteiger charge is 2.25. The summed E-state index contributed by atoms with van der Waals surface area (Å²) in [7, 11) is 0. The van der Waals surface area contributed by atoms with Crippen LogP contribution in [-0.4, -0.2) is 6.10 Å². The summed E-state index contributed by atoms with van der Waals surface area (Å²) >= 11 is 0. The molecule has 14 heavy (non-hydrogen) atoms. The molecule has 0 heterocycles. The number of hydrogen-bond acceptors (Lipinski definition) is 2. The van der Waals surface area contributed by atoms with Crippen molar-refractivity contribution in [3.8, 4) is 5.75 Å². The van der Waals surface area contributed by atoms with E-state index >= 15 is 0 Å². The molecule has 1 atom stereocenters. The van der Waals surface area contributed by atoms with E-state index in [1.165, 1.54) is 24.0 Å². The highest BCUT2D eigenvalue weighted by Crippen LogP contribution is 2.34. The van der Waals surface area contributed by atoms with Crippen molar-refractivity contribution >= 4 is 0 Å². The predicted octanol–water partition coefficient (Wildman–Crippen LogP) is 2.17. The molecule has 2 aliphatic rings. The minimum Gasteiger partial charge on any atom is -0.490 e. The monoisotopic (exact) mass is 189 g/mol. The van der Waals surface area contributed by atoms with Gasteiger partial charge >= 0.3 is 0 Å². The van der Waals surface area contributed by atoms with Gasteiger partial charge in [-0.25, -0.2) is 0 Å². The van der Waals surface area contributed by atoms with Crippen molar-refractivity contribution in [3.05, 3.63) is 29.3 Å². The number of benzene rings is 1. The Morgan fingerprint density at radius 3 is 2.86 bits per heavy atom. The summed E-state index contributed by atoms with van der Waals surface area (Å²) < 4.78 is 5.74. The molecule has 0 aliphatic heterocycles. The van der Waals surface area contributed by atoms with Crippen LogP contribution in [0.3, 0.4) is 0 Å². The molecular formula is C12H15NO. The van der Waals surface area contributed by atoms with Gasteiger partial charge in [0, 0.05) is 6.04 Å². The maximum absolute atomic E-state index is 5.97. The van der Waals surface area contributed by atoms with Crippen molar-refractivity contribution in [2.45, 2.75) is 37.8 Å². The lowest BCUT2D eigenvalue weighted by Crippen LogP contribution is -2.05. The number of nitrogens with two attached hydrogens (primary N) is 1. The molecule has 0 amide bonds. The Hall–Kier alpha value is -1.02. The van der Waals surface area contributed by atoms with Gasteiger partial charge in [0.2, 0.25) is 0 Å². The molecule has 1 fully saturated rings. The van der Waals surface area contributed by atoms with Crippen LogP contribution in [0.4, 0.5) is 0 Å². The first-order valence-corrected chi connectivity index (χ1v) is 5.38. The molecule has 2 N–H and O–H groups in total. The van der Waals surface area contributed by atoms with Crippen LogP contribution in [0.5, 0.6) is 5.75 Å². The molecule has 1 saturated carbocycles. The fourth-order valence-electron chi connectivity index (χ4n) is 2.08. The number of aryl methyl sites for hydroxylation is 1. The molecule has 3 rings (SSSR count). The van der Waals surface area contributed by atoms with Crippen LogP contribution in [0.1, 0.15) is 36.4 Å². The fourth-order valence-corrected chi connectivity index (χ4v) is 2.08. The van der Waals surface area contributed by atoms with Crippen molar-refractivity contribution in [1.29, 1.82) is 0 Å². The Labute approximate surface area is 84.1 Å². The normalized spacial score (nSPS) is 24.8. The van der Waals surface area contributed by atoms with Crippen LogP contribution in [-0.2, 0) is 6.42 Å². The number of hydrogen-bond donors (Lipinski definition) is 1. The summed E-state index contributed by atoms with van der Waals surface area (Å²) in [6, 6.07) is 6.60. The largest absolute Gasteiger partial charge is 0.490 e. The molecular weight excluding hydrogens is 174 g/mol. The van der Waals surface area contributed by atoms with Crippen molar-refractivity contribution in [3.63, 3.8) is 0 Å². The smallest absolute Gasteiger partial charge is 0.120 e. The van der Waals surface area contributed by atoms with Gasteiger partial charge in [-0.05, 0) is 48.9 Å². The van der Waals surface area contributed by atoms with E-state index in [0.29, 0.717) is 6.10 Å². The molecule has 0 bridgehead atoms. The summed E-state index contributed by atoms with van der Waals surface area (Å²) in [5.74, 6) is 1.03. The van der Waals surface area contributed by atoms with E-state index in [9.17, 15) is 0 Å². The Morgan fingerprint density at radius 2 is 2.07 bits per heavy atom. The van der Waals surface area contributed by atoms with Crippen LogP contribution in [0.25, 0.3) is 0 Å². The third-order valence-corrected chi connectivity index (χ3v) is 3.07. The van der Waals surface area contributed by atoms with E-state index in [1.807, 2.05) is 0 Å². The molecule has 0 saturated heterocycles. The lowest BCUT2D eigenvalue weighted by molar-refractivity contribution is 0.303. The second-order valence-electron chi connectivity index (χ2n) is 4.32. The van der Waals surface area contributed by atoms with E-state index in [2.05, 4.69) is 18.2 Å². The molecule has 1 aromatic carbocycles. The third kappa shape index (κ3) is 1.40. The quantitative estimate of drug-likeness (QED) is 0.773. The summed E-state index contributed by atoms with van der Waals surface area (Å²) in [6.45, 7) is 0. The summed E-state index contributed by atoms with van der Waals surface area (Å²) in [5.41, 5.74) is 8.67. The van der Waals surface area contributed by atoms with Gasteiger partial charge in [0.15, 0.2) is 0 Å². The maximum Gasteiger partial charge on any atom is 0.120 e. The molecule has 1 unspecified atom stereocenters. The van der Waals surface area contributed by atoms with E-state index in [0.717, 1.165) is 18.6 Å². The van der Waals surface area contributed by atoms with Crippen LogP contribution in [0, 0.1) is 0 Å². The van der Waals surface area contributed by atoms with Crippen LogP contribution in [0.2, 0.25) is 0 Å². The summed E-state index contributed by atoms with van der Waals surface area (Å²) in [6.07, 6.45) is 5.12. The van der Waals surface area contributed by atoms with Gasteiger partial charge in [-0.1, -0.05) is 6.07 Å². The standard InChI is InChI=1S/C12H15NO/c13-12-6-1-8-7-10(4-5-11(8)12)14-9-2-3-9/h4-5,7,9,12H,1-3,6,13H2. The number of ether oxygens (including phenoxy) is 1. The molecule has 1 aromatic rings. The molecule has 0 radical (unpaired) electrons. The summed E-state index contributed by atoms with van der Waals surface area (Å²) in [4.78, 5) is 0. The molecule has 0 spiro atoms. The second kappa shape index (κ2) is 2.99. The summed E-state index contributed by atoms with van der Waals surface area (Å²) in [5, 5.41) is 0. The molecule has 2 nitrogen and oxygen atoms in total. The van der Waals surface area contributed by atoms with Gasteiger partial charge in [-0.15, -0.1) is 0 Å². The van der Waals surface area contributed by atoms with E-state index < -0.39 is 0 Å². The topological polar surface area (TPSA) is 35.2 Å². The number of rotatable bonds is 2. The van der Waals surface area contributed by atoms with Crippen molar-refractivity contribution in [2.24, 2.45) is 5.73 Å². The Kier molecular flexibility index (Phi) is 1.77. The van der Waals surface area contributed by atoms with Gasteiger partial charge in [0.25, 0.3) is 0 Å². The van der Waals surface area contributed by atoms with E-state index in [1.54, 1.807) is 0 Å². The molecule has 2 heteroatoms. The van der Waals surface area contributed by atoms with Crippen LogP contribution >= 0.6 is 0 Å². The first-order chi connectivity index (χ1) is 6.83. The third-order valence-electron chi connectivity index (χ3n) is 3.07.